The van der Waals surface area contributed by atoms with Crippen LogP contribution in [0.5, 0.6) is 5.75 Å². The zero-order chi connectivity index (χ0) is 19.0. The van der Waals surface area contributed by atoms with Crippen LogP contribution in [0, 0.1) is 0 Å². The molecule has 4 rings (SSSR count). The maximum Gasteiger partial charge on any atom is 0.211 e. The first-order chi connectivity index (χ1) is 13.0. The van der Waals surface area contributed by atoms with Gasteiger partial charge >= 0.3 is 0 Å². The van der Waals surface area contributed by atoms with Gasteiger partial charge in [0.1, 0.15) is 5.75 Å². The highest BCUT2D eigenvalue weighted by molar-refractivity contribution is 8.00. The van der Waals surface area contributed by atoms with Crippen LogP contribution in [0.25, 0.3) is 11.0 Å². The van der Waals surface area contributed by atoms with Crippen molar-refractivity contribution in [1.82, 2.24) is 9.97 Å². The van der Waals surface area contributed by atoms with E-state index in [9.17, 15) is 0 Å². The number of nitrogens with one attached hydrogen (secondary N) is 1. The first kappa shape index (κ1) is 20.3. The number of imidazole rings is 1. The Morgan fingerprint density at radius 1 is 1.29 bits per heavy atom. The molecule has 0 saturated heterocycles. The van der Waals surface area contributed by atoms with Crippen LogP contribution in [0.3, 0.4) is 0 Å². The first-order valence-corrected chi connectivity index (χ1v) is 9.45. The number of hydrogen-bond donors (Lipinski definition) is 3. The molecule has 0 bridgehead atoms. The number of thioether (sulfide) groups is 1. The monoisotopic (exact) mass is 436 g/mol. The van der Waals surface area contributed by atoms with Gasteiger partial charge in [0.05, 0.1) is 29.1 Å². The summed E-state index contributed by atoms with van der Waals surface area (Å²) in [6.45, 7) is 0. The number of H-pyrrole nitrogens is 1. The third-order valence-electron chi connectivity index (χ3n) is 4.25. The van der Waals surface area contributed by atoms with Crippen LogP contribution < -0.4 is 16.2 Å². The van der Waals surface area contributed by atoms with Gasteiger partial charge < -0.3 is 21.2 Å². The second-order valence-corrected chi connectivity index (χ2v) is 7.68. The smallest absolute Gasteiger partial charge is 0.211 e. The van der Waals surface area contributed by atoms with Gasteiger partial charge in [-0.3, -0.25) is 0 Å². The van der Waals surface area contributed by atoms with E-state index >= 15 is 0 Å². The third-order valence-corrected chi connectivity index (χ3v) is 5.57. The van der Waals surface area contributed by atoms with Crippen LogP contribution in [-0.2, 0) is 6.42 Å². The Bertz CT molecular complexity index is 1080. The molecule has 1 aliphatic rings. The fourth-order valence-electron chi connectivity index (χ4n) is 3.06. The average Bonchev–Trinajstić information content (AvgIpc) is 3.18. The number of benzene rings is 2. The molecule has 10 heteroatoms. The molecular formula is C18H18Cl2N6OS. The number of hydrogen-bond acceptors (Lipinski definition) is 5. The predicted octanol–water partition coefficient (Wildman–Crippen LogP) is 3.34. The van der Waals surface area contributed by atoms with E-state index < -0.39 is 0 Å². The Balaban J connectivity index is 0.00000225. The van der Waals surface area contributed by atoms with Crippen molar-refractivity contribution in [2.75, 3.05) is 7.11 Å². The molecule has 1 aliphatic carbocycles. The Morgan fingerprint density at radius 2 is 2.11 bits per heavy atom. The van der Waals surface area contributed by atoms with E-state index in [4.69, 9.17) is 27.8 Å². The van der Waals surface area contributed by atoms with Crippen molar-refractivity contribution in [3.63, 3.8) is 0 Å². The van der Waals surface area contributed by atoms with E-state index in [-0.39, 0.29) is 23.6 Å². The maximum absolute atomic E-state index is 6.14. The summed E-state index contributed by atoms with van der Waals surface area (Å²) in [7, 11) is 1.64. The van der Waals surface area contributed by atoms with Crippen molar-refractivity contribution in [2.24, 2.45) is 21.7 Å². The molecule has 0 amide bonds. The number of ether oxygens (including phenoxy) is 1. The summed E-state index contributed by atoms with van der Waals surface area (Å²) in [5, 5.41) is 9.63. The lowest BCUT2D eigenvalue weighted by atomic mass is 10.1. The van der Waals surface area contributed by atoms with E-state index in [1.54, 1.807) is 18.9 Å². The van der Waals surface area contributed by atoms with Gasteiger partial charge in [0, 0.05) is 16.7 Å². The minimum absolute atomic E-state index is 0. The zero-order valence-corrected chi connectivity index (χ0v) is 17.2. The van der Waals surface area contributed by atoms with E-state index in [0.29, 0.717) is 5.02 Å². The highest BCUT2D eigenvalue weighted by atomic mass is 35.5. The average molecular weight is 437 g/mol. The number of nitrogens with zero attached hydrogens (tertiary/aromatic N) is 3. The molecule has 0 radical (unpaired) electrons. The van der Waals surface area contributed by atoms with Crippen LogP contribution in [0.2, 0.25) is 5.02 Å². The Labute approximate surface area is 177 Å². The standard InChI is InChI=1S/C18H17ClN6OS.ClH/c1-26-11-3-5-13-14(8-11)23-18(22-13)27-15-7-9-6-10(19)2-4-12(9)16(15)24-25-17(20)21;/h2-6,8,15H,7H2,1H3,(H,22,23)(H4,20,21,25);1H/b24-16+;. The quantitative estimate of drug-likeness (QED) is 0.329. The molecule has 0 spiro atoms. The summed E-state index contributed by atoms with van der Waals surface area (Å²) < 4.78 is 5.27. The lowest BCUT2D eigenvalue weighted by Gasteiger charge is -2.07. The Morgan fingerprint density at radius 3 is 2.86 bits per heavy atom. The summed E-state index contributed by atoms with van der Waals surface area (Å²) in [4.78, 5) is 7.97. The lowest BCUT2D eigenvalue weighted by molar-refractivity contribution is 0.415. The van der Waals surface area contributed by atoms with Crippen LogP contribution in [-0.4, -0.2) is 34.0 Å². The van der Waals surface area contributed by atoms with Crippen molar-refractivity contribution >= 4 is 58.5 Å². The van der Waals surface area contributed by atoms with Crippen molar-refractivity contribution in [3.8, 4) is 5.75 Å². The zero-order valence-electron chi connectivity index (χ0n) is 14.8. The molecule has 1 atom stereocenters. The second-order valence-electron chi connectivity index (χ2n) is 6.05. The molecule has 0 saturated carbocycles. The molecule has 1 aromatic heterocycles. The van der Waals surface area contributed by atoms with Crippen molar-refractivity contribution in [2.45, 2.75) is 16.8 Å². The van der Waals surface area contributed by atoms with Crippen molar-refractivity contribution in [3.05, 3.63) is 52.5 Å². The summed E-state index contributed by atoms with van der Waals surface area (Å²) in [6.07, 6.45) is 0.764. The van der Waals surface area contributed by atoms with Crippen LogP contribution >= 0.6 is 35.8 Å². The number of aromatic amines is 1. The molecule has 7 nitrogen and oxygen atoms in total. The number of nitrogens with two attached hydrogens (primary N) is 2. The summed E-state index contributed by atoms with van der Waals surface area (Å²) in [5.41, 5.74) is 15.6. The van der Waals surface area contributed by atoms with Gasteiger partial charge in [-0.15, -0.1) is 17.5 Å². The molecule has 5 N–H and O–H groups in total. The normalized spacial score (nSPS) is 16.6. The Kier molecular flexibility index (Phi) is 6.02. The van der Waals surface area contributed by atoms with Gasteiger partial charge in [0.2, 0.25) is 5.96 Å². The number of rotatable bonds is 4. The SMILES string of the molecule is COc1ccc2nc(SC3Cc4cc(Cl)ccc4/C3=N\N=C(N)N)[nH]c2c1.Cl. The summed E-state index contributed by atoms with van der Waals surface area (Å²) >= 11 is 7.72. The van der Waals surface area contributed by atoms with Crippen LogP contribution in [0.1, 0.15) is 11.1 Å². The maximum atomic E-state index is 6.14. The molecule has 1 unspecified atom stereocenters. The largest absolute Gasteiger partial charge is 0.497 e. The van der Waals surface area contributed by atoms with Gasteiger partial charge in [-0.2, -0.15) is 5.10 Å². The minimum Gasteiger partial charge on any atom is -0.497 e. The minimum atomic E-state index is -0.0792. The molecule has 0 aliphatic heterocycles. The first-order valence-electron chi connectivity index (χ1n) is 8.19. The number of methoxy groups -OCH3 is 1. The van der Waals surface area contributed by atoms with Gasteiger partial charge in [-0.05, 0) is 36.2 Å². The molecular weight excluding hydrogens is 419 g/mol. The van der Waals surface area contributed by atoms with Crippen LogP contribution in [0.15, 0.2) is 51.8 Å². The molecule has 146 valence electrons. The van der Waals surface area contributed by atoms with E-state index in [1.165, 1.54) is 0 Å². The molecule has 28 heavy (non-hydrogen) atoms. The van der Waals surface area contributed by atoms with Gasteiger partial charge in [-0.25, -0.2) is 4.98 Å². The molecule has 2 aromatic carbocycles. The summed E-state index contributed by atoms with van der Waals surface area (Å²) in [5.74, 6) is 0.699. The van der Waals surface area contributed by atoms with E-state index in [0.717, 1.165) is 45.2 Å². The van der Waals surface area contributed by atoms with Gasteiger partial charge in [-0.1, -0.05) is 29.4 Å². The molecule has 1 heterocycles. The lowest BCUT2D eigenvalue weighted by Crippen LogP contribution is -2.22. The van der Waals surface area contributed by atoms with Crippen LogP contribution in [0.4, 0.5) is 0 Å². The fraction of sp³-hybridized carbons (Fsp3) is 0.167. The highest BCUT2D eigenvalue weighted by Gasteiger charge is 2.31. The van der Waals surface area contributed by atoms with E-state index in [2.05, 4.69) is 20.2 Å². The van der Waals surface area contributed by atoms with Gasteiger partial charge in [0.25, 0.3) is 0 Å². The predicted molar refractivity (Wildman–Crippen MR) is 117 cm³/mol. The highest BCUT2D eigenvalue weighted by Crippen LogP contribution is 2.36. The summed E-state index contributed by atoms with van der Waals surface area (Å²) in [6, 6.07) is 11.5. The number of guanidine groups is 1. The molecule has 0 fully saturated rings. The number of halogens is 2. The Hall–Kier alpha value is -2.42. The second kappa shape index (κ2) is 8.30. The number of aromatic nitrogens is 2. The van der Waals surface area contributed by atoms with Crippen molar-refractivity contribution < 1.29 is 4.74 Å². The van der Waals surface area contributed by atoms with Crippen molar-refractivity contribution in [1.29, 1.82) is 0 Å². The third kappa shape index (κ3) is 4.04. The van der Waals surface area contributed by atoms with E-state index in [1.807, 2.05) is 36.4 Å². The molecule has 3 aromatic rings. The van der Waals surface area contributed by atoms with Gasteiger partial charge in [0.15, 0.2) is 5.16 Å². The topological polar surface area (TPSA) is 115 Å². The number of fused-ring (bicyclic) bond motifs is 2. The fourth-order valence-corrected chi connectivity index (χ4v) is 4.39.